The molecule has 1 heterocycles. The Balaban J connectivity index is 1.59. The molecule has 138 valence electrons. The summed E-state index contributed by atoms with van der Waals surface area (Å²) >= 11 is 1.46. The molecule has 0 saturated carbocycles. The summed E-state index contributed by atoms with van der Waals surface area (Å²) in [7, 11) is 0. The first-order chi connectivity index (χ1) is 12.1. The second kappa shape index (κ2) is 10.3. The number of ether oxygens (including phenoxy) is 1. The third kappa shape index (κ3) is 6.96. The molecule has 1 fully saturated rings. The Morgan fingerprint density at radius 2 is 1.92 bits per heavy atom. The van der Waals surface area contributed by atoms with Crippen LogP contribution in [0.3, 0.4) is 0 Å². The third-order valence-electron chi connectivity index (χ3n) is 4.31. The lowest BCUT2D eigenvalue weighted by molar-refractivity contribution is -0.145. The Morgan fingerprint density at radius 1 is 1.24 bits per heavy atom. The van der Waals surface area contributed by atoms with Gasteiger partial charge in [-0.2, -0.15) is 11.8 Å². The first-order valence-corrected chi connectivity index (χ1v) is 9.66. The summed E-state index contributed by atoms with van der Waals surface area (Å²) < 4.78 is 5.35. The molecule has 2 rings (SSSR count). The number of aliphatic hydroxyl groups is 1. The van der Waals surface area contributed by atoms with Gasteiger partial charge in [-0.25, -0.2) is 9.59 Å². The number of aliphatic carboxylic acids is 1. The zero-order chi connectivity index (χ0) is 18.1. The number of amides is 1. The molecular weight excluding hydrogens is 342 g/mol. The number of thioether (sulfide) groups is 1. The van der Waals surface area contributed by atoms with Gasteiger partial charge in [0.15, 0.2) is 6.10 Å². The first-order valence-electron chi connectivity index (χ1n) is 8.50. The Bertz CT molecular complexity index is 546. The van der Waals surface area contributed by atoms with Gasteiger partial charge in [0.25, 0.3) is 0 Å². The minimum Gasteiger partial charge on any atom is -0.479 e. The summed E-state index contributed by atoms with van der Waals surface area (Å²) in [5.41, 5.74) is 0.978. The quantitative estimate of drug-likeness (QED) is 0.687. The number of piperidine rings is 1. The molecule has 0 bridgehead atoms. The number of nitrogens with zero attached hydrogens (tertiary/aromatic N) is 1. The molecule has 0 aliphatic carbocycles. The lowest BCUT2D eigenvalue weighted by atomic mass is 9.95. The number of rotatable bonds is 8. The van der Waals surface area contributed by atoms with E-state index in [-0.39, 0.29) is 11.8 Å². The Labute approximate surface area is 152 Å². The van der Waals surface area contributed by atoms with E-state index in [1.54, 1.807) is 4.90 Å². The highest BCUT2D eigenvalue weighted by molar-refractivity contribution is 7.99. The zero-order valence-corrected chi connectivity index (χ0v) is 15.0. The van der Waals surface area contributed by atoms with Crippen molar-refractivity contribution in [3.05, 3.63) is 35.9 Å². The molecule has 0 spiro atoms. The van der Waals surface area contributed by atoms with Crippen LogP contribution in [0.25, 0.3) is 0 Å². The van der Waals surface area contributed by atoms with E-state index in [0.717, 1.165) is 30.6 Å². The van der Waals surface area contributed by atoms with Crippen LogP contribution in [0.15, 0.2) is 30.3 Å². The van der Waals surface area contributed by atoms with Gasteiger partial charge >= 0.3 is 12.1 Å². The molecule has 1 atom stereocenters. The largest absolute Gasteiger partial charge is 0.479 e. The highest BCUT2D eigenvalue weighted by Crippen LogP contribution is 2.23. The summed E-state index contributed by atoms with van der Waals surface area (Å²) in [6.07, 6.45) is 1.29. The number of hydrogen-bond acceptors (Lipinski definition) is 5. The fourth-order valence-electron chi connectivity index (χ4n) is 2.73. The molecule has 6 nitrogen and oxygen atoms in total. The monoisotopic (exact) mass is 367 g/mol. The molecule has 2 N–H and O–H groups in total. The second-order valence-corrected chi connectivity index (χ2v) is 7.34. The Hall–Kier alpha value is -1.73. The maximum atomic E-state index is 12.1. The van der Waals surface area contributed by atoms with Crippen molar-refractivity contribution < 1.29 is 24.5 Å². The first kappa shape index (κ1) is 19.6. The maximum absolute atomic E-state index is 12.1. The van der Waals surface area contributed by atoms with E-state index in [1.807, 2.05) is 30.3 Å². The standard InChI is InChI=1S/C18H25NO5S/c20-16(17(21)22)13-25-11-8-14-6-9-19(10-7-14)18(23)24-12-15-4-2-1-3-5-15/h1-5,14,16,20H,6-13H2,(H,21,22). The fraction of sp³-hybridized carbons (Fsp3) is 0.556. The van der Waals surface area contributed by atoms with Crippen molar-refractivity contribution in [3.8, 4) is 0 Å². The van der Waals surface area contributed by atoms with Crippen LogP contribution >= 0.6 is 11.8 Å². The molecule has 1 aliphatic rings. The number of carbonyl (C=O) groups is 2. The number of hydrogen-bond donors (Lipinski definition) is 2. The number of carbonyl (C=O) groups excluding carboxylic acids is 1. The molecule has 25 heavy (non-hydrogen) atoms. The molecule has 1 unspecified atom stereocenters. The minimum atomic E-state index is -1.29. The second-order valence-electron chi connectivity index (χ2n) is 6.19. The lowest BCUT2D eigenvalue weighted by Gasteiger charge is -2.31. The van der Waals surface area contributed by atoms with Gasteiger partial charge in [-0.05, 0) is 36.5 Å². The van der Waals surface area contributed by atoms with Crippen LogP contribution in [0.2, 0.25) is 0 Å². The molecular formula is C18H25NO5S. The topological polar surface area (TPSA) is 87.1 Å². The van der Waals surface area contributed by atoms with Gasteiger partial charge in [0.1, 0.15) is 6.61 Å². The molecule has 0 aromatic heterocycles. The average molecular weight is 367 g/mol. The highest BCUT2D eigenvalue weighted by Gasteiger charge is 2.23. The van der Waals surface area contributed by atoms with Crippen LogP contribution in [0.1, 0.15) is 24.8 Å². The SMILES string of the molecule is O=C(O)C(O)CSCCC1CCN(C(=O)OCc2ccccc2)CC1. The van der Waals surface area contributed by atoms with Gasteiger partial charge in [-0.15, -0.1) is 0 Å². The summed E-state index contributed by atoms with van der Waals surface area (Å²) in [5, 5.41) is 17.8. The van der Waals surface area contributed by atoms with E-state index in [4.69, 9.17) is 9.84 Å². The minimum absolute atomic E-state index is 0.222. The van der Waals surface area contributed by atoms with E-state index in [2.05, 4.69) is 0 Å². The smallest absolute Gasteiger partial charge is 0.410 e. The summed E-state index contributed by atoms with van der Waals surface area (Å²) in [6, 6.07) is 9.62. The van der Waals surface area contributed by atoms with Crippen LogP contribution in [-0.4, -0.2) is 57.9 Å². The van der Waals surface area contributed by atoms with Crippen molar-refractivity contribution in [2.75, 3.05) is 24.6 Å². The van der Waals surface area contributed by atoms with Crippen LogP contribution in [-0.2, 0) is 16.1 Å². The number of likely N-dealkylation sites (tertiary alicyclic amines) is 1. The lowest BCUT2D eigenvalue weighted by Crippen LogP contribution is -2.38. The van der Waals surface area contributed by atoms with Crippen LogP contribution in [0.5, 0.6) is 0 Å². The van der Waals surface area contributed by atoms with E-state index < -0.39 is 12.1 Å². The number of carboxylic acids is 1. The van der Waals surface area contributed by atoms with Crippen molar-refractivity contribution in [1.29, 1.82) is 0 Å². The molecule has 1 aliphatic heterocycles. The molecule has 1 amide bonds. The van der Waals surface area contributed by atoms with Gasteiger partial charge in [0, 0.05) is 18.8 Å². The van der Waals surface area contributed by atoms with Crippen LogP contribution < -0.4 is 0 Å². The zero-order valence-electron chi connectivity index (χ0n) is 14.2. The van der Waals surface area contributed by atoms with Gasteiger partial charge < -0.3 is 19.8 Å². The number of benzene rings is 1. The third-order valence-corrected chi connectivity index (χ3v) is 5.38. The highest BCUT2D eigenvalue weighted by atomic mass is 32.2. The predicted octanol–water partition coefficient (Wildman–Crippen LogP) is 2.60. The predicted molar refractivity (Wildman–Crippen MR) is 96.5 cm³/mol. The summed E-state index contributed by atoms with van der Waals surface area (Å²) in [4.78, 5) is 24.4. The Kier molecular flexibility index (Phi) is 8.08. The molecule has 1 aromatic rings. The van der Waals surface area contributed by atoms with E-state index in [9.17, 15) is 14.7 Å². The van der Waals surface area contributed by atoms with Crippen molar-refractivity contribution in [2.45, 2.75) is 32.0 Å². The van der Waals surface area contributed by atoms with Gasteiger partial charge in [0.05, 0.1) is 0 Å². The van der Waals surface area contributed by atoms with E-state index in [0.29, 0.717) is 25.6 Å². The van der Waals surface area contributed by atoms with Crippen molar-refractivity contribution in [1.82, 2.24) is 4.90 Å². The maximum Gasteiger partial charge on any atom is 0.410 e. The molecule has 1 aromatic carbocycles. The van der Waals surface area contributed by atoms with Crippen LogP contribution in [0.4, 0.5) is 4.79 Å². The van der Waals surface area contributed by atoms with Gasteiger partial charge in [-0.3, -0.25) is 0 Å². The average Bonchev–Trinajstić information content (AvgIpc) is 2.64. The molecule has 7 heteroatoms. The molecule has 1 saturated heterocycles. The van der Waals surface area contributed by atoms with Crippen molar-refractivity contribution in [2.24, 2.45) is 5.92 Å². The van der Waals surface area contributed by atoms with Crippen LogP contribution in [0, 0.1) is 5.92 Å². The summed E-state index contributed by atoms with van der Waals surface area (Å²) in [5.74, 6) is 0.412. The van der Waals surface area contributed by atoms with Crippen molar-refractivity contribution >= 4 is 23.8 Å². The Morgan fingerprint density at radius 3 is 2.56 bits per heavy atom. The number of carboxylic acid groups (broad SMARTS) is 1. The van der Waals surface area contributed by atoms with Gasteiger partial charge in [-0.1, -0.05) is 30.3 Å². The molecule has 0 radical (unpaired) electrons. The number of aliphatic hydroxyl groups excluding tert-OH is 1. The fourth-order valence-corrected chi connectivity index (χ4v) is 3.76. The van der Waals surface area contributed by atoms with Crippen molar-refractivity contribution in [3.63, 3.8) is 0 Å². The summed E-state index contributed by atoms with van der Waals surface area (Å²) in [6.45, 7) is 1.68. The van der Waals surface area contributed by atoms with Gasteiger partial charge in [0.2, 0.25) is 0 Å². The van der Waals surface area contributed by atoms with E-state index in [1.165, 1.54) is 11.8 Å². The normalized spacial score (nSPS) is 16.4. The van der Waals surface area contributed by atoms with E-state index >= 15 is 0 Å².